The molecule has 0 radical (unpaired) electrons. The SMILES string of the molecule is COC[C@H]1OC(=O)c2coc3c2[C@@]1(C)C1=C(C3=O)[C@@H]2CCC(=O)[C@@]2(C)C[C@H]1OCCCC(=O)O. The highest BCUT2D eigenvalue weighted by Gasteiger charge is 2.64. The summed E-state index contributed by atoms with van der Waals surface area (Å²) < 4.78 is 23.1. The Labute approximate surface area is 196 Å². The molecule has 1 aromatic rings. The van der Waals surface area contributed by atoms with Gasteiger partial charge < -0.3 is 23.7 Å². The summed E-state index contributed by atoms with van der Waals surface area (Å²) in [5.41, 5.74) is 0.200. The van der Waals surface area contributed by atoms with Crippen LogP contribution in [0.2, 0.25) is 0 Å². The predicted octanol–water partition coefficient (Wildman–Crippen LogP) is 2.85. The minimum Gasteiger partial charge on any atom is -0.481 e. The fraction of sp³-hybridized carbons (Fsp3) is 0.600. The number of rotatable bonds is 7. The Kier molecular flexibility index (Phi) is 5.33. The summed E-state index contributed by atoms with van der Waals surface area (Å²) >= 11 is 0. The first-order valence-corrected chi connectivity index (χ1v) is 11.6. The molecule has 1 saturated carbocycles. The third kappa shape index (κ3) is 2.99. The van der Waals surface area contributed by atoms with Gasteiger partial charge in [-0.25, -0.2) is 4.79 Å². The van der Waals surface area contributed by atoms with Crippen LogP contribution in [-0.2, 0) is 29.2 Å². The largest absolute Gasteiger partial charge is 0.481 e. The van der Waals surface area contributed by atoms with Crippen LogP contribution in [-0.4, -0.2) is 61.1 Å². The van der Waals surface area contributed by atoms with Gasteiger partial charge in [0.05, 0.1) is 18.1 Å². The van der Waals surface area contributed by atoms with Gasteiger partial charge in [-0.15, -0.1) is 0 Å². The monoisotopic (exact) mass is 472 g/mol. The predicted molar refractivity (Wildman–Crippen MR) is 116 cm³/mol. The van der Waals surface area contributed by atoms with Gasteiger partial charge in [-0.2, -0.15) is 0 Å². The Morgan fingerprint density at radius 2 is 2.03 bits per heavy atom. The molecule has 3 aliphatic carbocycles. The zero-order chi connectivity index (χ0) is 24.4. The van der Waals surface area contributed by atoms with Gasteiger partial charge in [-0.05, 0) is 31.8 Å². The van der Waals surface area contributed by atoms with Crippen molar-refractivity contribution < 1.29 is 42.9 Å². The highest BCUT2D eigenvalue weighted by molar-refractivity contribution is 6.14. The van der Waals surface area contributed by atoms with Crippen molar-refractivity contribution in [3.05, 3.63) is 34.3 Å². The highest BCUT2D eigenvalue weighted by atomic mass is 16.6. The van der Waals surface area contributed by atoms with Gasteiger partial charge in [0, 0.05) is 49.0 Å². The molecular weight excluding hydrogens is 444 g/mol. The van der Waals surface area contributed by atoms with E-state index >= 15 is 0 Å². The fourth-order valence-corrected chi connectivity index (χ4v) is 6.57. The zero-order valence-electron chi connectivity index (χ0n) is 19.5. The van der Waals surface area contributed by atoms with E-state index in [1.807, 2.05) is 13.8 Å². The van der Waals surface area contributed by atoms with Gasteiger partial charge >= 0.3 is 11.9 Å². The van der Waals surface area contributed by atoms with Crippen LogP contribution in [0, 0.1) is 11.3 Å². The van der Waals surface area contributed by atoms with Crippen LogP contribution in [0.25, 0.3) is 0 Å². The van der Waals surface area contributed by atoms with Crippen molar-refractivity contribution in [3.8, 4) is 0 Å². The number of carboxylic acids is 1. The van der Waals surface area contributed by atoms with E-state index < -0.39 is 35.0 Å². The van der Waals surface area contributed by atoms with Gasteiger partial charge in [0.15, 0.2) is 5.76 Å². The Hall–Kier alpha value is -2.78. The summed E-state index contributed by atoms with van der Waals surface area (Å²) in [6.07, 6.45) is 1.49. The van der Waals surface area contributed by atoms with Crippen LogP contribution in [0.4, 0.5) is 0 Å². The molecule has 0 unspecified atom stereocenters. The zero-order valence-corrected chi connectivity index (χ0v) is 19.5. The summed E-state index contributed by atoms with van der Waals surface area (Å²) in [6.45, 7) is 4.06. The van der Waals surface area contributed by atoms with E-state index in [4.69, 9.17) is 23.7 Å². The quantitative estimate of drug-likeness (QED) is 0.470. The van der Waals surface area contributed by atoms with Crippen molar-refractivity contribution >= 4 is 23.5 Å². The molecule has 0 bridgehead atoms. The number of carbonyl (C=O) groups excluding carboxylic acids is 3. The highest BCUT2D eigenvalue weighted by Crippen LogP contribution is 2.61. The van der Waals surface area contributed by atoms with Gasteiger partial charge in [-0.1, -0.05) is 6.92 Å². The van der Waals surface area contributed by atoms with Gasteiger partial charge in [0.25, 0.3) is 0 Å². The fourth-order valence-electron chi connectivity index (χ4n) is 6.57. The lowest BCUT2D eigenvalue weighted by atomic mass is 9.54. The van der Waals surface area contributed by atoms with Crippen LogP contribution in [0.5, 0.6) is 0 Å². The van der Waals surface area contributed by atoms with E-state index in [-0.39, 0.29) is 48.4 Å². The number of furan rings is 1. The van der Waals surface area contributed by atoms with Crippen LogP contribution >= 0.6 is 0 Å². The van der Waals surface area contributed by atoms with E-state index in [0.29, 0.717) is 42.4 Å². The summed E-state index contributed by atoms with van der Waals surface area (Å²) in [7, 11) is 1.51. The molecule has 5 rings (SSSR count). The standard InChI is InChI=1S/C25H28O9/c1-24-9-14(32-8-4-5-17(27)28)20-18(13(24)6-7-15(24)26)21(29)22-19-12(10-33-22)23(30)34-16(11-31-3)25(19,20)2/h10,13-14,16H,4-9,11H2,1-3H3,(H,27,28)/t13-,14+,16+,24-,25-/m0/s1. The maximum absolute atomic E-state index is 13.8. The van der Waals surface area contributed by atoms with Crippen molar-refractivity contribution in [2.24, 2.45) is 11.3 Å². The number of cyclic esters (lactones) is 1. The number of aliphatic carboxylic acids is 1. The van der Waals surface area contributed by atoms with E-state index in [2.05, 4.69) is 0 Å². The Morgan fingerprint density at radius 3 is 2.74 bits per heavy atom. The first-order chi connectivity index (χ1) is 16.1. The Bertz CT molecular complexity index is 1130. The Morgan fingerprint density at radius 1 is 1.26 bits per heavy atom. The second-order valence-corrected chi connectivity index (χ2v) is 10.1. The van der Waals surface area contributed by atoms with Crippen LogP contribution < -0.4 is 0 Å². The van der Waals surface area contributed by atoms with Gasteiger partial charge in [-0.3, -0.25) is 14.4 Å². The number of carboxylic acid groups (broad SMARTS) is 1. The number of allylic oxidation sites excluding steroid dienone is 1. The van der Waals surface area contributed by atoms with Crippen molar-refractivity contribution in [1.29, 1.82) is 0 Å². The molecular formula is C25H28O9. The van der Waals surface area contributed by atoms with E-state index in [0.717, 1.165) is 0 Å². The van der Waals surface area contributed by atoms with Crippen molar-refractivity contribution in [1.82, 2.24) is 0 Å². The van der Waals surface area contributed by atoms with E-state index in [9.17, 15) is 19.2 Å². The number of esters is 1. The average Bonchev–Trinajstić information content (AvgIpc) is 3.36. The van der Waals surface area contributed by atoms with Crippen molar-refractivity contribution in [2.45, 2.75) is 63.6 Å². The van der Waals surface area contributed by atoms with Crippen LogP contribution in [0.15, 0.2) is 21.8 Å². The number of fused-ring (bicyclic) bond motifs is 3. The van der Waals surface area contributed by atoms with E-state index in [1.165, 1.54) is 13.4 Å². The normalized spacial score (nSPS) is 34.0. The lowest BCUT2D eigenvalue weighted by molar-refractivity contribution is -0.137. The molecule has 1 aromatic heterocycles. The maximum atomic E-state index is 13.8. The lowest BCUT2D eigenvalue weighted by Gasteiger charge is -2.52. The summed E-state index contributed by atoms with van der Waals surface area (Å²) in [5.74, 6) is -1.89. The second-order valence-electron chi connectivity index (χ2n) is 10.1. The molecule has 34 heavy (non-hydrogen) atoms. The number of hydrogen-bond donors (Lipinski definition) is 1. The molecule has 5 atom stereocenters. The smallest absolute Gasteiger partial charge is 0.342 e. The number of Topliss-reactive ketones (excluding diaryl/α,β-unsaturated/α-hetero) is 2. The molecule has 1 aliphatic heterocycles. The topological polar surface area (TPSA) is 129 Å². The molecule has 1 N–H and O–H groups in total. The lowest BCUT2D eigenvalue weighted by Crippen LogP contribution is -2.57. The average molecular weight is 472 g/mol. The molecule has 0 saturated heterocycles. The van der Waals surface area contributed by atoms with Gasteiger partial charge in [0.2, 0.25) is 5.78 Å². The van der Waals surface area contributed by atoms with E-state index in [1.54, 1.807) is 0 Å². The number of ketones is 2. The molecule has 9 heteroatoms. The Balaban J connectivity index is 1.69. The minimum atomic E-state index is -0.949. The molecule has 0 amide bonds. The second kappa shape index (κ2) is 7.88. The summed E-state index contributed by atoms with van der Waals surface area (Å²) in [4.78, 5) is 50.5. The molecule has 0 spiro atoms. The summed E-state index contributed by atoms with van der Waals surface area (Å²) in [6, 6.07) is 0. The van der Waals surface area contributed by atoms with Crippen LogP contribution in [0.1, 0.15) is 72.4 Å². The summed E-state index contributed by atoms with van der Waals surface area (Å²) in [5, 5.41) is 9.01. The van der Waals surface area contributed by atoms with Gasteiger partial charge in [0.1, 0.15) is 23.7 Å². The third-order valence-corrected chi connectivity index (χ3v) is 8.24. The molecule has 2 heterocycles. The molecule has 1 fully saturated rings. The number of hydrogen-bond acceptors (Lipinski definition) is 8. The maximum Gasteiger partial charge on any atom is 0.342 e. The number of ether oxygens (including phenoxy) is 3. The molecule has 182 valence electrons. The first-order valence-electron chi connectivity index (χ1n) is 11.6. The van der Waals surface area contributed by atoms with Crippen LogP contribution in [0.3, 0.4) is 0 Å². The minimum absolute atomic E-state index is 0.0480. The molecule has 9 nitrogen and oxygen atoms in total. The number of methoxy groups -OCH3 is 1. The molecule has 0 aromatic carbocycles. The molecule has 4 aliphatic rings. The first kappa shape index (κ1) is 23.0. The van der Waals surface area contributed by atoms with Crippen molar-refractivity contribution in [2.75, 3.05) is 20.3 Å². The van der Waals surface area contributed by atoms with Crippen molar-refractivity contribution in [3.63, 3.8) is 0 Å². The number of carbonyl (C=O) groups is 4. The third-order valence-electron chi connectivity index (χ3n) is 8.24.